The summed E-state index contributed by atoms with van der Waals surface area (Å²) >= 11 is 0. The molecule has 26 heavy (non-hydrogen) atoms. The highest BCUT2D eigenvalue weighted by molar-refractivity contribution is 5.89. The molecule has 3 N–H and O–H groups in total. The Kier molecular flexibility index (Phi) is 5.03. The molecule has 3 aromatic rings. The number of phenols is 3. The number of aromatic nitrogens is 1. The molecule has 4 nitrogen and oxygen atoms in total. The number of benzene rings is 2. The standard InChI is InChI=1S/C22H25NO3/c1-4-13-11-16(21(25)17(6-3)20(13)24)12-15-10-14(5-2)22(26)19-18(15)8-7-9-23-19/h7-11,24-26H,4-6,12H2,1-3H3. The Morgan fingerprint density at radius 2 is 1.38 bits per heavy atom. The van der Waals surface area contributed by atoms with E-state index in [4.69, 9.17) is 0 Å². The maximum atomic E-state index is 10.7. The number of phenolic OH excluding ortho intramolecular Hbond substituents is 3. The smallest absolute Gasteiger partial charge is 0.144 e. The van der Waals surface area contributed by atoms with E-state index < -0.39 is 0 Å². The van der Waals surface area contributed by atoms with Gasteiger partial charge in [0.1, 0.15) is 22.8 Å². The molecule has 2 aromatic carbocycles. The normalized spacial score (nSPS) is 11.2. The quantitative estimate of drug-likeness (QED) is 0.626. The second kappa shape index (κ2) is 7.24. The summed E-state index contributed by atoms with van der Waals surface area (Å²) in [4.78, 5) is 4.34. The fraction of sp³-hybridized carbons (Fsp3) is 0.318. The number of aryl methyl sites for hydroxylation is 2. The summed E-state index contributed by atoms with van der Waals surface area (Å²) in [5, 5.41) is 32.4. The van der Waals surface area contributed by atoms with Crippen molar-refractivity contribution in [1.29, 1.82) is 0 Å². The summed E-state index contributed by atoms with van der Waals surface area (Å²) in [5.74, 6) is 0.582. The average molecular weight is 351 g/mol. The topological polar surface area (TPSA) is 73.6 Å². The molecule has 0 saturated heterocycles. The first-order valence-corrected chi connectivity index (χ1v) is 9.15. The molecule has 136 valence electrons. The minimum absolute atomic E-state index is 0.158. The van der Waals surface area contributed by atoms with Crippen molar-refractivity contribution in [2.75, 3.05) is 0 Å². The van der Waals surface area contributed by atoms with Gasteiger partial charge in [-0.25, -0.2) is 0 Å². The summed E-state index contributed by atoms with van der Waals surface area (Å²) in [5.41, 5.74) is 4.66. The van der Waals surface area contributed by atoms with Crippen LogP contribution in [0.2, 0.25) is 0 Å². The van der Waals surface area contributed by atoms with Crippen molar-refractivity contribution in [2.24, 2.45) is 0 Å². The van der Waals surface area contributed by atoms with E-state index in [2.05, 4.69) is 4.98 Å². The lowest BCUT2D eigenvalue weighted by Gasteiger charge is -2.16. The summed E-state index contributed by atoms with van der Waals surface area (Å²) < 4.78 is 0. The number of pyridine rings is 1. The number of hydrogen-bond acceptors (Lipinski definition) is 4. The second-order valence-corrected chi connectivity index (χ2v) is 6.55. The van der Waals surface area contributed by atoms with Crippen LogP contribution in [0, 0.1) is 0 Å². The van der Waals surface area contributed by atoms with Crippen molar-refractivity contribution in [3.63, 3.8) is 0 Å². The van der Waals surface area contributed by atoms with Crippen LogP contribution in [0.15, 0.2) is 30.5 Å². The number of fused-ring (bicyclic) bond motifs is 1. The molecule has 1 heterocycles. The van der Waals surface area contributed by atoms with Crippen LogP contribution in [-0.4, -0.2) is 20.3 Å². The van der Waals surface area contributed by atoms with Gasteiger partial charge in [-0.3, -0.25) is 4.98 Å². The van der Waals surface area contributed by atoms with E-state index in [-0.39, 0.29) is 17.2 Å². The number of nitrogens with zero attached hydrogens (tertiary/aromatic N) is 1. The van der Waals surface area contributed by atoms with Gasteiger partial charge in [-0.15, -0.1) is 0 Å². The molecule has 4 heteroatoms. The van der Waals surface area contributed by atoms with E-state index >= 15 is 0 Å². The molecule has 0 spiro atoms. The molecule has 1 aromatic heterocycles. The van der Waals surface area contributed by atoms with Gasteiger partial charge in [-0.1, -0.05) is 32.9 Å². The highest BCUT2D eigenvalue weighted by Crippen LogP contribution is 2.38. The van der Waals surface area contributed by atoms with Crippen LogP contribution < -0.4 is 0 Å². The Morgan fingerprint density at radius 3 is 2.04 bits per heavy atom. The predicted molar refractivity (Wildman–Crippen MR) is 104 cm³/mol. The van der Waals surface area contributed by atoms with Crippen LogP contribution in [0.4, 0.5) is 0 Å². The van der Waals surface area contributed by atoms with E-state index in [1.54, 1.807) is 6.20 Å². The Labute approximate surface area is 153 Å². The molecular weight excluding hydrogens is 326 g/mol. The Hall–Kier alpha value is -2.75. The van der Waals surface area contributed by atoms with Gasteiger partial charge in [-0.2, -0.15) is 0 Å². The highest BCUT2D eigenvalue weighted by Gasteiger charge is 2.18. The lowest BCUT2D eigenvalue weighted by atomic mass is 9.92. The molecule has 0 radical (unpaired) electrons. The van der Waals surface area contributed by atoms with Gasteiger partial charge in [0.15, 0.2) is 0 Å². The monoisotopic (exact) mass is 351 g/mol. The third-order valence-electron chi connectivity index (χ3n) is 5.06. The van der Waals surface area contributed by atoms with Gasteiger partial charge < -0.3 is 15.3 Å². The van der Waals surface area contributed by atoms with Gasteiger partial charge in [0.05, 0.1) is 0 Å². The van der Waals surface area contributed by atoms with Gasteiger partial charge in [0.25, 0.3) is 0 Å². The third-order valence-corrected chi connectivity index (χ3v) is 5.06. The molecule has 0 unspecified atom stereocenters. The van der Waals surface area contributed by atoms with Gasteiger partial charge >= 0.3 is 0 Å². The van der Waals surface area contributed by atoms with E-state index in [1.807, 2.05) is 45.0 Å². The van der Waals surface area contributed by atoms with E-state index in [0.29, 0.717) is 36.8 Å². The molecule has 0 bridgehead atoms. The van der Waals surface area contributed by atoms with Crippen LogP contribution in [-0.2, 0) is 25.7 Å². The van der Waals surface area contributed by atoms with Gasteiger partial charge in [-0.05, 0) is 53.6 Å². The summed E-state index contributed by atoms with van der Waals surface area (Å²) in [7, 11) is 0. The lowest BCUT2D eigenvalue weighted by molar-refractivity contribution is 0.432. The summed E-state index contributed by atoms with van der Waals surface area (Å²) in [6.45, 7) is 5.91. The minimum Gasteiger partial charge on any atom is -0.507 e. The number of aromatic hydroxyl groups is 3. The van der Waals surface area contributed by atoms with Crippen LogP contribution in [0.5, 0.6) is 17.2 Å². The van der Waals surface area contributed by atoms with Crippen molar-refractivity contribution >= 4 is 10.9 Å². The Bertz CT molecular complexity index is 963. The minimum atomic E-state index is 0.158. The zero-order valence-electron chi connectivity index (χ0n) is 15.5. The SMILES string of the molecule is CCc1cc(Cc2cc(CC)c(O)c3ncccc23)c(O)c(CC)c1O. The Morgan fingerprint density at radius 1 is 0.769 bits per heavy atom. The van der Waals surface area contributed by atoms with Crippen molar-refractivity contribution in [3.05, 3.63) is 58.3 Å². The van der Waals surface area contributed by atoms with Crippen molar-refractivity contribution in [2.45, 2.75) is 46.5 Å². The second-order valence-electron chi connectivity index (χ2n) is 6.55. The van der Waals surface area contributed by atoms with Gasteiger partial charge in [0.2, 0.25) is 0 Å². The number of hydrogen-bond donors (Lipinski definition) is 3. The van der Waals surface area contributed by atoms with E-state index in [1.165, 1.54) is 0 Å². The molecule has 0 atom stereocenters. The number of rotatable bonds is 5. The highest BCUT2D eigenvalue weighted by atomic mass is 16.3. The van der Waals surface area contributed by atoms with E-state index in [0.717, 1.165) is 27.6 Å². The molecule has 0 aliphatic rings. The maximum Gasteiger partial charge on any atom is 0.144 e. The molecule has 0 aliphatic heterocycles. The molecule has 0 fully saturated rings. The van der Waals surface area contributed by atoms with Crippen molar-refractivity contribution in [1.82, 2.24) is 4.98 Å². The zero-order valence-corrected chi connectivity index (χ0v) is 15.5. The predicted octanol–water partition coefficient (Wildman–Crippen LogP) is 4.63. The van der Waals surface area contributed by atoms with Crippen LogP contribution in [0.1, 0.15) is 48.6 Å². The fourth-order valence-corrected chi connectivity index (χ4v) is 3.57. The van der Waals surface area contributed by atoms with Gasteiger partial charge in [0, 0.05) is 23.6 Å². The average Bonchev–Trinajstić information content (AvgIpc) is 2.66. The Balaban J connectivity index is 2.20. The maximum absolute atomic E-state index is 10.7. The van der Waals surface area contributed by atoms with Crippen molar-refractivity contribution < 1.29 is 15.3 Å². The molecule has 3 rings (SSSR count). The van der Waals surface area contributed by atoms with Crippen LogP contribution in [0.25, 0.3) is 10.9 Å². The first kappa shape index (κ1) is 18.1. The fourth-order valence-electron chi connectivity index (χ4n) is 3.57. The zero-order chi connectivity index (χ0) is 18.8. The molecule has 0 aliphatic carbocycles. The molecular formula is C22H25NO3. The summed E-state index contributed by atoms with van der Waals surface area (Å²) in [6, 6.07) is 7.66. The first-order valence-electron chi connectivity index (χ1n) is 9.15. The van der Waals surface area contributed by atoms with E-state index in [9.17, 15) is 15.3 Å². The molecule has 0 amide bonds. The largest absolute Gasteiger partial charge is 0.507 e. The van der Waals surface area contributed by atoms with Crippen LogP contribution >= 0.6 is 0 Å². The molecule has 0 saturated carbocycles. The van der Waals surface area contributed by atoms with Crippen LogP contribution in [0.3, 0.4) is 0 Å². The van der Waals surface area contributed by atoms with Crippen molar-refractivity contribution in [3.8, 4) is 17.2 Å². The summed E-state index contributed by atoms with van der Waals surface area (Å²) in [6.07, 6.45) is 4.16. The third kappa shape index (κ3) is 2.96. The lowest BCUT2D eigenvalue weighted by Crippen LogP contribution is -1.99. The first-order chi connectivity index (χ1) is 12.5.